The largest absolute Gasteiger partial charge is 0.268 e. The number of aryl methyl sites for hydroxylation is 1. The highest BCUT2D eigenvalue weighted by Crippen LogP contribution is 2.28. The van der Waals surface area contributed by atoms with E-state index >= 15 is 0 Å². The van der Waals surface area contributed by atoms with E-state index in [4.69, 9.17) is 0 Å². The van der Waals surface area contributed by atoms with Crippen LogP contribution in [0.5, 0.6) is 0 Å². The van der Waals surface area contributed by atoms with E-state index in [2.05, 4.69) is 6.92 Å². The normalized spacial score (nSPS) is 13.5. The van der Waals surface area contributed by atoms with E-state index in [0.29, 0.717) is 16.8 Å². The van der Waals surface area contributed by atoms with Crippen LogP contribution in [0.15, 0.2) is 48.5 Å². The highest BCUT2D eigenvalue weighted by atomic mass is 16.2. The number of carbonyl (C=O) groups excluding carboxylic acids is 2. The minimum absolute atomic E-state index is 0.235. The molecule has 1 aliphatic heterocycles. The number of fused-ring (bicyclic) bond motifs is 1. The third-order valence-corrected chi connectivity index (χ3v) is 4.31. The van der Waals surface area contributed by atoms with Gasteiger partial charge in [0.05, 0.1) is 16.8 Å². The SMILES string of the molecule is CCCCCCc1ccc(N2C(=O)c3ccccc3C2=O)cc1. The summed E-state index contributed by atoms with van der Waals surface area (Å²) in [7, 11) is 0. The fourth-order valence-corrected chi connectivity index (χ4v) is 2.99. The van der Waals surface area contributed by atoms with Gasteiger partial charge in [-0.2, -0.15) is 0 Å². The van der Waals surface area contributed by atoms with Crippen molar-refractivity contribution < 1.29 is 9.59 Å². The van der Waals surface area contributed by atoms with Crippen LogP contribution in [0.1, 0.15) is 58.9 Å². The minimum atomic E-state index is -0.235. The molecule has 0 spiro atoms. The van der Waals surface area contributed by atoms with Gasteiger partial charge in [0.25, 0.3) is 11.8 Å². The molecule has 0 fully saturated rings. The summed E-state index contributed by atoms with van der Waals surface area (Å²) in [6, 6.07) is 14.8. The lowest BCUT2D eigenvalue weighted by atomic mass is 10.1. The molecule has 2 amide bonds. The second kappa shape index (κ2) is 6.78. The zero-order valence-electron chi connectivity index (χ0n) is 13.4. The van der Waals surface area contributed by atoms with Crippen LogP contribution in [0.4, 0.5) is 5.69 Å². The van der Waals surface area contributed by atoms with Crippen molar-refractivity contribution in [1.29, 1.82) is 0 Å². The van der Waals surface area contributed by atoms with E-state index in [1.165, 1.54) is 36.1 Å². The van der Waals surface area contributed by atoms with Gasteiger partial charge in [-0.15, -0.1) is 0 Å². The van der Waals surface area contributed by atoms with E-state index in [1.54, 1.807) is 24.3 Å². The Morgan fingerprint density at radius 1 is 0.783 bits per heavy atom. The summed E-state index contributed by atoms with van der Waals surface area (Å²) in [6.07, 6.45) is 5.98. The standard InChI is InChI=1S/C20H21NO2/c1-2-3-4-5-8-15-11-13-16(14-12-15)21-19(22)17-9-6-7-10-18(17)20(21)23/h6-7,9-14H,2-5,8H2,1H3. The van der Waals surface area contributed by atoms with Crippen LogP contribution in [-0.4, -0.2) is 11.8 Å². The predicted octanol–water partition coefficient (Wildman–Crippen LogP) is 4.61. The van der Waals surface area contributed by atoms with Crippen molar-refractivity contribution in [2.75, 3.05) is 4.90 Å². The van der Waals surface area contributed by atoms with E-state index < -0.39 is 0 Å². The Kier molecular flexibility index (Phi) is 4.56. The maximum Gasteiger partial charge on any atom is 0.266 e. The molecule has 23 heavy (non-hydrogen) atoms. The van der Waals surface area contributed by atoms with Gasteiger partial charge in [-0.1, -0.05) is 50.5 Å². The van der Waals surface area contributed by atoms with Crippen molar-refractivity contribution >= 4 is 17.5 Å². The van der Waals surface area contributed by atoms with Crippen LogP contribution in [0.25, 0.3) is 0 Å². The molecular weight excluding hydrogens is 286 g/mol. The maximum absolute atomic E-state index is 12.4. The summed E-state index contributed by atoms with van der Waals surface area (Å²) in [5.41, 5.74) is 2.87. The summed E-state index contributed by atoms with van der Waals surface area (Å²) < 4.78 is 0. The zero-order chi connectivity index (χ0) is 16.2. The molecule has 3 rings (SSSR count). The Bertz CT molecular complexity index is 684. The molecule has 118 valence electrons. The lowest BCUT2D eigenvalue weighted by Gasteiger charge is -2.14. The second-order valence-electron chi connectivity index (χ2n) is 5.97. The van der Waals surface area contributed by atoms with Gasteiger partial charge in [-0.25, -0.2) is 4.90 Å². The third-order valence-electron chi connectivity index (χ3n) is 4.31. The van der Waals surface area contributed by atoms with E-state index in [9.17, 15) is 9.59 Å². The third kappa shape index (κ3) is 3.04. The molecule has 0 N–H and O–H groups in total. The fourth-order valence-electron chi connectivity index (χ4n) is 2.99. The number of nitrogens with zero attached hydrogens (tertiary/aromatic N) is 1. The van der Waals surface area contributed by atoms with Gasteiger partial charge < -0.3 is 0 Å². The van der Waals surface area contributed by atoms with E-state index in [-0.39, 0.29) is 11.8 Å². The first-order chi connectivity index (χ1) is 11.2. The molecule has 0 atom stereocenters. The van der Waals surface area contributed by atoms with Gasteiger partial charge >= 0.3 is 0 Å². The number of hydrogen-bond donors (Lipinski definition) is 0. The molecular formula is C20H21NO2. The summed E-state index contributed by atoms with van der Waals surface area (Å²) in [5.74, 6) is -0.470. The second-order valence-corrected chi connectivity index (χ2v) is 5.97. The molecule has 1 heterocycles. The summed E-state index contributed by atoms with van der Waals surface area (Å²) >= 11 is 0. The number of amides is 2. The molecule has 3 heteroatoms. The molecule has 3 nitrogen and oxygen atoms in total. The molecule has 0 radical (unpaired) electrons. The molecule has 0 unspecified atom stereocenters. The number of carbonyl (C=O) groups is 2. The van der Waals surface area contributed by atoms with Crippen LogP contribution in [0.3, 0.4) is 0 Å². The zero-order valence-corrected chi connectivity index (χ0v) is 13.4. The Labute approximate surface area is 136 Å². The Hall–Kier alpha value is -2.42. The van der Waals surface area contributed by atoms with E-state index in [0.717, 1.165) is 6.42 Å². The highest BCUT2D eigenvalue weighted by molar-refractivity contribution is 6.34. The average molecular weight is 307 g/mol. The number of hydrogen-bond acceptors (Lipinski definition) is 2. The Balaban J connectivity index is 1.73. The number of anilines is 1. The van der Waals surface area contributed by atoms with Gasteiger partial charge in [0, 0.05) is 0 Å². The Morgan fingerprint density at radius 3 is 1.96 bits per heavy atom. The summed E-state index contributed by atoms with van der Waals surface area (Å²) in [5, 5.41) is 0. The van der Waals surface area contributed by atoms with Crippen molar-refractivity contribution in [3.63, 3.8) is 0 Å². The van der Waals surface area contributed by atoms with Crippen LogP contribution in [0.2, 0.25) is 0 Å². The molecule has 1 aliphatic rings. The monoisotopic (exact) mass is 307 g/mol. The lowest BCUT2D eigenvalue weighted by Crippen LogP contribution is -2.29. The molecule has 0 bridgehead atoms. The van der Waals surface area contributed by atoms with Gasteiger partial charge in [-0.3, -0.25) is 9.59 Å². The van der Waals surface area contributed by atoms with Crippen LogP contribution in [-0.2, 0) is 6.42 Å². The summed E-state index contributed by atoms with van der Waals surface area (Å²) in [4.78, 5) is 26.2. The van der Waals surface area contributed by atoms with Crippen molar-refractivity contribution in [3.8, 4) is 0 Å². The quantitative estimate of drug-likeness (QED) is 0.577. The number of rotatable bonds is 6. The number of imide groups is 1. The fraction of sp³-hybridized carbons (Fsp3) is 0.300. The first-order valence-electron chi connectivity index (χ1n) is 8.29. The minimum Gasteiger partial charge on any atom is -0.268 e. The van der Waals surface area contributed by atoms with Gasteiger partial charge in [0.2, 0.25) is 0 Å². The molecule has 2 aromatic rings. The number of benzene rings is 2. The van der Waals surface area contributed by atoms with Crippen LogP contribution >= 0.6 is 0 Å². The van der Waals surface area contributed by atoms with Gasteiger partial charge in [0.15, 0.2) is 0 Å². The molecule has 2 aromatic carbocycles. The highest BCUT2D eigenvalue weighted by Gasteiger charge is 2.36. The first kappa shape index (κ1) is 15.5. The van der Waals surface area contributed by atoms with Gasteiger partial charge in [0.1, 0.15) is 0 Å². The van der Waals surface area contributed by atoms with Gasteiger partial charge in [-0.05, 0) is 42.7 Å². The lowest BCUT2D eigenvalue weighted by molar-refractivity contribution is 0.0926. The molecule has 0 aliphatic carbocycles. The molecule has 0 saturated carbocycles. The average Bonchev–Trinajstić information content (AvgIpc) is 2.84. The van der Waals surface area contributed by atoms with Crippen molar-refractivity contribution in [2.24, 2.45) is 0 Å². The molecule has 0 aromatic heterocycles. The van der Waals surface area contributed by atoms with Crippen molar-refractivity contribution in [3.05, 3.63) is 65.2 Å². The summed E-state index contributed by atoms with van der Waals surface area (Å²) in [6.45, 7) is 2.21. The van der Waals surface area contributed by atoms with Crippen LogP contribution in [0, 0.1) is 0 Å². The first-order valence-corrected chi connectivity index (χ1v) is 8.29. The molecule has 0 saturated heterocycles. The predicted molar refractivity (Wildman–Crippen MR) is 91.9 cm³/mol. The topological polar surface area (TPSA) is 37.4 Å². The Morgan fingerprint density at radius 2 is 1.39 bits per heavy atom. The van der Waals surface area contributed by atoms with Crippen molar-refractivity contribution in [1.82, 2.24) is 0 Å². The van der Waals surface area contributed by atoms with E-state index in [1.807, 2.05) is 24.3 Å². The van der Waals surface area contributed by atoms with Crippen LogP contribution < -0.4 is 4.90 Å². The number of unbranched alkanes of at least 4 members (excludes halogenated alkanes) is 3. The maximum atomic E-state index is 12.4. The smallest absolute Gasteiger partial charge is 0.266 e. The van der Waals surface area contributed by atoms with Crippen molar-refractivity contribution in [2.45, 2.75) is 39.0 Å².